The lowest BCUT2D eigenvalue weighted by Crippen LogP contribution is -2.24. The molecule has 0 unspecified atom stereocenters. The number of ether oxygens (including phenoxy) is 3. The lowest BCUT2D eigenvalue weighted by Gasteiger charge is -2.14. The van der Waals surface area contributed by atoms with Gasteiger partial charge in [-0.3, -0.25) is 4.79 Å². The molecule has 154 valence electrons. The first-order valence-corrected chi connectivity index (χ1v) is 9.60. The van der Waals surface area contributed by atoms with Gasteiger partial charge in [0.2, 0.25) is 11.7 Å². The van der Waals surface area contributed by atoms with Gasteiger partial charge >= 0.3 is 0 Å². The van der Waals surface area contributed by atoms with Crippen molar-refractivity contribution in [1.29, 1.82) is 0 Å². The number of hydrogen-bond acceptors (Lipinski definition) is 9. The van der Waals surface area contributed by atoms with Crippen LogP contribution in [0.3, 0.4) is 0 Å². The van der Waals surface area contributed by atoms with E-state index in [0.29, 0.717) is 40.7 Å². The Morgan fingerprint density at radius 1 is 1.14 bits per heavy atom. The second kappa shape index (κ2) is 9.37. The number of furan rings is 1. The third-order valence-electron chi connectivity index (χ3n) is 4.04. The lowest BCUT2D eigenvalue weighted by molar-refractivity contribution is -0.118. The number of thioether (sulfide) groups is 1. The summed E-state index contributed by atoms with van der Waals surface area (Å²) in [7, 11) is 4.62. The molecule has 10 heteroatoms. The zero-order valence-electron chi connectivity index (χ0n) is 16.5. The van der Waals surface area contributed by atoms with Gasteiger partial charge < -0.3 is 28.4 Å². The van der Waals surface area contributed by atoms with Crippen LogP contribution < -0.4 is 19.5 Å². The predicted molar refractivity (Wildman–Crippen MR) is 105 cm³/mol. The minimum absolute atomic E-state index is 0.135. The maximum atomic E-state index is 12.2. The molecule has 2 aromatic heterocycles. The normalized spacial score (nSPS) is 10.6. The summed E-state index contributed by atoms with van der Waals surface area (Å²) in [4.78, 5) is 12.2. The molecule has 0 atom stereocenters. The van der Waals surface area contributed by atoms with Gasteiger partial charge in [0.05, 0.1) is 38.9 Å². The molecule has 29 heavy (non-hydrogen) atoms. The number of amides is 1. The van der Waals surface area contributed by atoms with Crippen LogP contribution in [0.25, 0.3) is 11.5 Å². The quantitative estimate of drug-likeness (QED) is 0.523. The highest BCUT2D eigenvalue weighted by Gasteiger charge is 2.16. The molecule has 0 aliphatic carbocycles. The van der Waals surface area contributed by atoms with Gasteiger partial charge in [-0.2, -0.15) is 0 Å². The Balaban J connectivity index is 1.55. The van der Waals surface area contributed by atoms with Gasteiger partial charge in [-0.1, -0.05) is 11.8 Å². The Labute approximate surface area is 171 Å². The number of methoxy groups -OCH3 is 3. The third-order valence-corrected chi connectivity index (χ3v) is 4.86. The minimum atomic E-state index is -0.178. The summed E-state index contributed by atoms with van der Waals surface area (Å²) >= 11 is 1.16. The zero-order chi connectivity index (χ0) is 20.8. The fraction of sp³-hybridized carbons (Fsp3) is 0.316. The van der Waals surface area contributed by atoms with Crippen LogP contribution in [0.15, 0.2) is 38.5 Å². The van der Waals surface area contributed by atoms with Gasteiger partial charge in [0, 0.05) is 6.54 Å². The van der Waals surface area contributed by atoms with Crippen molar-refractivity contribution in [1.82, 2.24) is 15.5 Å². The van der Waals surface area contributed by atoms with Crippen LogP contribution in [0.2, 0.25) is 0 Å². The van der Waals surface area contributed by atoms with Gasteiger partial charge in [-0.05, 0) is 30.7 Å². The largest absolute Gasteiger partial charge is 0.493 e. The van der Waals surface area contributed by atoms with Crippen LogP contribution in [0.1, 0.15) is 11.3 Å². The maximum absolute atomic E-state index is 12.2. The Morgan fingerprint density at radius 3 is 2.45 bits per heavy atom. The summed E-state index contributed by atoms with van der Waals surface area (Å²) < 4.78 is 26.7. The molecule has 3 rings (SSSR count). The highest BCUT2D eigenvalue weighted by atomic mass is 32.2. The van der Waals surface area contributed by atoms with E-state index in [1.807, 2.05) is 6.92 Å². The molecule has 2 heterocycles. The molecule has 9 nitrogen and oxygen atoms in total. The van der Waals surface area contributed by atoms with Crippen LogP contribution in [-0.2, 0) is 11.3 Å². The number of hydrogen-bond donors (Lipinski definition) is 1. The average molecular weight is 419 g/mol. The summed E-state index contributed by atoms with van der Waals surface area (Å²) in [6.07, 6.45) is 1.55. The molecule has 0 saturated carbocycles. The fourth-order valence-corrected chi connectivity index (χ4v) is 3.19. The van der Waals surface area contributed by atoms with Crippen LogP contribution in [0.5, 0.6) is 17.2 Å². The fourth-order valence-electron chi connectivity index (χ4n) is 2.60. The molecule has 0 aliphatic rings. The van der Waals surface area contributed by atoms with E-state index in [0.717, 1.165) is 22.9 Å². The molecular weight excluding hydrogens is 398 g/mol. The first kappa shape index (κ1) is 20.6. The first-order valence-electron chi connectivity index (χ1n) is 8.62. The van der Waals surface area contributed by atoms with Gasteiger partial charge in [-0.25, -0.2) is 0 Å². The van der Waals surface area contributed by atoms with Crippen LogP contribution >= 0.6 is 11.8 Å². The SMILES string of the molecule is COc1cc(CNC(=O)CSc2nnc(-c3ccoc3C)o2)cc(OC)c1OC. The summed E-state index contributed by atoms with van der Waals surface area (Å²) in [5.74, 6) is 2.56. The first-order chi connectivity index (χ1) is 14.0. The Hall–Kier alpha value is -3.14. The summed E-state index contributed by atoms with van der Waals surface area (Å²) in [5, 5.41) is 11.1. The average Bonchev–Trinajstić information content (AvgIpc) is 3.38. The number of nitrogens with one attached hydrogen (secondary N) is 1. The minimum Gasteiger partial charge on any atom is -0.493 e. The van der Waals surface area contributed by atoms with Crippen LogP contribution in [0, 0.1) is 6.92 Å². The number of carbonyl (C=O) groups excluding carboxylic acids is 1. The number of rotatable bonds is 9. The number of benzene rings is 1. The monoisotopic (exact) mass is 419 g/mol. The molecule has 1 N–H and O–H groups in total. The van der Waals surface area contributed by atoms with Crippen LogP contribution in [-0.4, -0.2) is 43.2 Å². The topological polar surface area (TPSA) is 109 Å². The Morgan fingerprint density at radius 2 is 1.86 bits per heavy atom. The Bertz CT molecular complexity index is 959. The van der Waals surface area contributed by atoms with Crippen molar-refractivity contribution in [3.05, 3.63) is 35.8 Å². The van der Waals surface area contributed by atoms with Gasteiger partial charge in [0.15, 0.2) is 11.5 Å². The molecule has 0 aliphatic heterocycles. The van der Waals surface area contributed by atoms with Gasteiger partial charge in [0.1, 0.15) is 5.76 Å². The number of nitrogens with zero attached hydrogens (tertiary/aromatic N) is 2. The van der Waals surface area contributed by atoms with Crippen molar-refractivity contribution in [3.63, 3.8) is 0 Å². The molecule has 0 spiro atoms. The third kappa shape index (κ3) is 4.83. The Kier molecular flexibility index (Phi) is 6.65. The van der Waals surface area contributed by atoms with E-state index >= 15 is 0 Å². The van der Waals surface area contributed by atoms with Crippen molar-refractivity contribution in [2.24, 2.45) is 0 Å². The van der Waals surface area contributed by atoms with Crippen molar-refractivity contribution in [2.45, 2.75) is 18.7 Å². The maximum Gasteiger partial charge on any atom is 0.277 e. The van der Waals surface area contributed by atoms with E-state index in [4.69, 9.17) is 23.0 Å². The highest BCUT2D eigenvalue weighted by molar-refractivity contribution is 7.99. The summed E-state index contributed by atoms with van der Waals surface area (Å²) in [6, 6.07) is 5.32. The van der Waals surface area contributed by atoms with Gasteiger partial charge in [0.25, 0.3) is 11.1 Å². The standard InChI is InChI=1S/C19H21N3O6S/c1-11-13(5-6-27-11)18-21-22-19(28-18)29-10-16(23)20-9-12-7-14(24-2)17(26-4)15(8-12)25-3/h5-8H,9-10H2,1-4H3,(H,20,23). The molecule has 0 bridgehead atoms. The van der Waals surface area contributed by atoms with Crippen molar-refractivity contribution >= 4 is 17.7 Å². The summed E-state index contributed by atoms with van der Waals surface area (Å²) in [6.45, 7) is 2.11. The van der Waals surface area contributed by atoms with Crippen molar-refractivity contribution < 1.29 is 27.8 Å². The van der Waals surface area contributed by atoms with Crippen molar-refractivity contribution in [2.75, 3.05) is 27.1 Å². The molecule has 3 aromatic rings. The molecule has 0 radical (unpaired) electrons. The smallest absolute Gasteiger partial charge is 0.277 e. The lowest BCUT2D eigenvalue weighted by atomic mass is 10.2. The van der Waals surface area contributed by atoms with E-state index in [-0.39, 0.29) is 11.7 Å². The molecule has 0 saturated heterocycles. The number of aromatic nitrogens is 2. The van der Waals surface area contributed by atoms with E-state index in [9.17, 15) is 4.79 Å². The second-order valence-electron chi connectivity index (χ2n) is 5.86. The van der Waals surface area contributed by atoms with Gasteiger partial charge in [-0.15, -0.1) is 10.2 Å². The molecular formula is C19H21N3O6S. The molecule has 1 aromatic carbocycles. The molecule has 0 fully saturated rings. The second-order valence-corrected chi connectivity index (χ2v) is 6.79. The number of carbonyl (C=O) groups is 1. The highest BCUT2D eigenvalue weighted by Crippen LogP contribution is 2.38. The van der Waals surface area contributed by atoms with E-state index in [2.05, 4.69) is 15.5 Å². The van der Waals surface area contributed by atoms with E-state index in [1.54, 1.807) is 38.7 Å². The van der Waals surface area contributed by atoms with E-state index in [1.165, 1.54) is 7.11 Å². The zero-order valence-corrected chi connectivity index (χ0v) is 17.3. The van der Waals surface area contributed by atoms with E-state index < -0.39 is 0 Å². The summed E-state index contributed by atoms with van der Waals surface area (Å²) in [5.41, 5.74) is 1.55. The predicted octanol–water partition coefficient (Wildman–Crippen LogP) is 3.07. The number of aryl methyl sites for hydroxylation is 1. The van der Waals surface area contributed by atoms with Crippen LogP contribution in [0.4, 0.5) is 0 Å². The molecule has 1 amide bonds. The van der Waals surface area contributed by atoms with Crippen molar-refractivity contribution in [3.8, 4) is 28.7 Å².